The molecule has 3 nitrogen and oxygen atoms in total. The van der Waals surface area contributed by atoms with Crippen LogP contribution in [0.25, 0.3) is 11.3 Å². The molecule has 0 fully saturated rings. The molecule has 0 amide bonds. The van der Waals surface area contributed by atoms with Crippen LogP contribution < -0.4 is 5.56 Å². The Labute approximate surface area is 121 Å². The van der Waals surface area contributed by atoms with Crippen molar-refractivity contribution in [3.8, 4) is 11.3 Å². The zero-order valence-corrected chi connectivity index (χ0v) is 12.4. The summed E-state index contributed by atoms with van der Waals surface area (Å²) in [6.45, 7) is 5.96. The first-order valence-corrected chi connectivity index (χ1v) is 6.59. The number of nitrogens with one attached hydrogen (secondary N) is 1. The number of rotatable bonds is 1. The largest absolute Gasteiger partial charge is 0.310 e. The third-order valence-corrected chi connectivity index (χ3v) is 3.05. The quantitative estimate of drug-likeness (QED) is 0.863. The van der Waals surface area contributed by atoms with E-state index in [2.05, 4.69) is 9.97 Å². The van der Waals surface area contributed by atoms with Gasteiger partial charge in [0.2, 0.25) is 0 Å². The van der Waals surface area contributed by atoms with E-state index in [0.717, 1.165) is 5.56 Å². The van der Waals surface area contributed by atoms with E-state index in [9.17, 15) is 4.79 Å². The molecule has 5 heteroatoms. The van der Waals surface area contributed by atoms with Crippen LogP contribution in [-0.4, -0.2) is 9.97 Å². The zero-order valence-electron chi connectivity index (χ0n) is 10.9. The Hall–Kier alpha value is -1.32. The van der Waals surface area contributed by atoms with Crippen LogP contribution in [0.5, 0.6) is 0 Å². The third kappa shape index (κ3) is 3.37. The molecule has 0 atom stereocenters. The molecule has 2 aromatic rings. The van der Waals surface area contributed by atoms with Crippen molar-refractivity contribution in [2.75, 3.05) is 0 Å². The first kappa shape index (κ1) is 14.1. The fourth-order valence-electron chi connectivity index (χ4n) is 1.66. The number of hydrogen-bond acceptors (Lipinski definition) is 2. The van der Waals surface area contributed by atoms with Gasteiger partial charge in [-0.2, -0.15) is 0 Å². The molecule has 0 bridgehead atoms. The normalized spacial score (nSPS) is 11.6. The summed E-state index contributed by atoms with van der Waals surface area (Å²) in [5, 5.41) is 1.03. The van der Waals surface area contributed by atoms with Crippen molar-refractivity contribution in [3.05, 3.63) is 50.5 Å². The molecule has 0 radical (unpaired) electrons. The predicted molar refractivity (Wildman–Crippen MR) is 79.0 cm³/mol. The molecule has 2 rings (SSSR count). The molecule has 1 aromatic carbocycles. The van der Waals surface area contributed by atoms with Crippen molar-refractivity contribution < 1.29 is 0 Å². The average Bonchev–Trinajstić information content (AvgIpc) is 2.25. The predicted octanol–water partition coefficient (Wildman–Crippen LogP) is 4.04. The van der Waals surface area contributed by atoms with Gasteiger partial charge < -0.3 is 4.98 Å². The van der Waals surface area contributed by atoms with Gasteiger partial charge in [0.25, 0.3) is 5.56 Å². The summed E-state index contributed by atoms with van der Waals surface area (Å²) in [5.74, 6) is 0.631. The average molecular weight is 297 g/mol. The van der Waals surface area contributed by atoms with Gasteiger partial charge in [-0.25, -0.2) is 4.98 Å². The maximum atomic E-state index is 11.7. The van der Waals surface area contributed by atoms with Crippen LogP contribution in [0.3, 0.4) is 0 Å². The monoisotopic (exact) mass is 296 g/mol. The lowest BCUT2D eigenvalue weighted by Crippen LogP contribution is -2.21. The van der Waals surface area contributed by atoms with Gasteiger partial charge in [0.05, 0.1) is 5.69 Å². The molecule has 1 N–H and O–H groups in total. The number of H-pyrrole nitrogens is 1. The molecule has 19 heavy (non-hydrogen) atoms. The minimum atomic E-state index is -0.239. The fraction of sp³-hybridized carbons (Fsp3) is 0.286. The third-order valence-electron chi connectivity index (χ3n) is 2.61. The van der Waals surface area contributed by atoms with Crippen LogP contribution in [0.1, 0.15) is 26.6 Å². The number of aromatic nitrogens is 2. The van der Waals surface area contributed by atoms with E-state index in [-0.39, 0.29) is 11.0 Å². The Balaban J connectivity index is 2.63. The molecule has 0 aliphatic rings. The molecular weight excluding hydrogens is 283 g/mol. The second-order valence-corrected chi connectivity index (χ2v) is 6.26. The maximum Gasteiger partial charge on any atom is 0.251 e. The minimum absolute atomic E-state index is 0.189. The summed E-state index contributed by atoms with van der Waals surface area (Å²) in [4.78, 5) is 19.0. The molecule has 1 aromatic heterocycles. The van der Waals surface area contributed by atoms with Crippen molar-refractivity contribution in [1.29, 1.82) is 0 Å². The number of aromatic amines is 1. The van der Waals surface area contributed by atoms with E-state index in [1.54, 1.807) is 18.2 Å². The van der Waals surface area contributed by atoms with E-state index < -0.39 is 0 Å². The topological polar surface area (TPSA) is 45.8 Å². The van der Waals surface area contributed by atoms with E-state index in [1.807, 2.05) is 20.8 Å². The Kier molecular flexibility index (Phi) is 3.70. The van der Waals surface area contributed by atoms with E-state index in [4.69, 9.17) is 23.2 Å². The number of benzene rings is 1. The molecule has 0 aliphatic carbocycles. The molecule has 0 saturated carbocycles. The van der Waals surface area contributed by atoms with E-state index in [1.165, 1.54) is 6.07 Å². The number of nitrogens with zero attached hydrogens (tertiary/aromatic N) is 1. The second kappa shape index (κ2) is 4.99. The molecule has 0 saturated heterocycles. The smallest absolute Gasteiger partial charge is 0.251 e. The zero-order chi connectivity index (χ0) is 14.2. The Morgan fingerprint density at radius 3 is 2.16 bits per heavy atom. The summed E-state index contributed by atoms with van der Waals surface area (Å²) < 4.78 is 0. The minimum Gasteiger partial charge on any atom is -0.310 e. The standard InChI is InChI=1S/C14H14Cl2N2O/c1-14(2,3)13-17-11(7-12(19)18-13)8-4-9(15)6-10(16)5-8/h4-7H,1-3H3,(H,17,18,19). The summed E-state index contributed by atoms with van der Waals surface area (Å²) in [6, 6.07) is 6.56. The molecule has 0 aliphatic heterocycles. The Morgan fingerprint density at radius 1 is 1.05 bits per heavy atom. The first-order chi connectivity index (χ1) is 8.75. The van der Waals surface area contributed by atoms with Crippen molar-refractivity contribution in [1.82, 2.24) is 9.97 Å². The maximum absolute atomic E-state index is 11.7. The molecular formula is C14H14Cl2N2O. The van der Waals surface area contributed by atoms with Crippen molar-refractivity contribution in [3.63, 3.8) is 0 Å². The number of halogens is 2. The van der Waals surface area contributed by atoms with Gasteiger partial charge in [0.1, 0.15) is 5.82 Å². The van der Waals surface area contributed by atoms with Crippen LogP contribution in [0.15, 0.2) is 29.1 Å². The van der Waals surface area contributed by atoms with Crippen molar-refractivity contribution in [2.45, 2.75) is 26.2 Å². The lowest BCUT2D eigenvalue weighted by atomic mass is 9.95. The highest BCUT2D eigenvalue weighted by Gasteiger charge is 2.18. The Morgan fingerprint density at radius 2 is 1.63 bits per heavy atom. The highest BCUT2D eigenvalue weighted by atomic mass is 35.5. The van der Waals surface area contributed by atoms with Crippen LogP contribution in [0, 0.1) is 0 Å². The van der Waals surface area contributed by atoms with E-state index in [0.29, 0.717) is 21.6 Å². The Bertz CT molecular complexity index is 652. The van der Waals surface area contributed by atoms with Crippen molar-refractivity contribution >= 4 is 23.2 Å². The van der Waals surface area contributed by atoms with Crippen LogP contribution in [-0.2, 0) is 5.41 Å². The lowest BCUT2D eigenvalue weighted by molar-refractivity contribution is 0.543. The first-order valence-electron chi connectivity index (χ1n) is 5.84. The molecule has 100 valence electrons. The summed E-state index contributed by atoms with van der Waals surface area (Å²) >= 11 is 11.9. The highest BCUT2D eigenvalue weighted by molar-refractivity contribution is 6.35. The van der Waals surface area contributed by atoms with Gasteiger partial charge in [0, 0.05) is 27.1 Å². The van der Waals surface area contributed by atoms with Gasteiger partial charge in [0.15, 0.2) is 0 Å². The van der Waals surface area contributed by atoms with Gasteiger partial charge >= 0.3 is 0 Å². The van der Waals surface area contributed by atoms with Crippen molar-refractivity contribution in [2.24, 2.45) is 0 Å². The van der Waals surface area contributed by atoms with E-state index >= 15 is 0 Å². The van der Waals surface area contributed by atoms with Crippen LogP contribution in [0.2, 0.25) is 10.0 Å². The summed E-state index contributed by atoms with van der Waals surface area (Å²) in [6.07, 6.45) is 0. The van der Waals surface area contributed by atoms with Crippen LogP contribution >= 0.6 is 23.2 Å². The van der Waals surface area contributed by atoms with Gasteiger partial charge in [-0.15, -0.1) is 0 Å². The summed E-state index contributed by atoms with van der Waals surface area (Å²) in [5.41, 5.74) is 0.871. The highest BCUT2D eigenvalue weighted by Crippen LogP contribution is 2.26. The van der Waals surface area contributed by atoms with Crippen LogP contribution in [0.4, 0.5) is 0 Å². The lowest BCUT2D eigenvalue weighted by Gasteiger charge is -2.17. The number of hydrogen-bond donors (Lipinski definition) is 1. The van der Waals surface area contributed by atoms with Gasteiger partial charge in [-0.3, -0.25) is 4.79 Å². The SMILES string of the molecule is CC(C)(C)c1nc(-c2cc(Cl)cc(Cl)c2)cc(=O)[nH]1. The molecule has 0 unspecified atom stereocenters. The fourth-order valence-corrected chi connectivity index (χ4v) is 2.19. The van der Waals surface area contributed by atoms with Gasteiger partial charge in [-0.1, -0.05) is 44.0 Å². The summed E-state index contributed by atoms with van der Waals surface area (Å²) in [7, 11) is 0. The molecule has 0 spiro atoms. The molecule has 1 heterocycles. The second-order valence-electron chi connectivity index (χ2n) is 5.39. The van der Waals surface area contributed by atoms with Gasteiger partial charge in [-0.05, 0) is 18.2 Å².